The topological polar surface area (TPSA) is 127 Å². The highest BCUT2D eigenvalue weighted by molar-refractivity contribution is 7.89. The number of fused-ring (bicyclic) bond motifs is 1. The van der Waals surface area contributed by atoms with E-state index in [1.54, 1.807) is 17.2 Å². The van der Waals surface area contributed by atoms with Gasteiger partial charge in [0.15, 0.2) is 5.65 Å². The number of hydrogen-bond acceptors (Lipinski definition) is 9. The number of benzene rings is 2. The predicted octanol–water partition coefficient (Wildman–Crippen LogP) is 3.50. The van der Waals surface area contributed by atoms with E-state index in [0.29, 0.717) is 29.2 Å². The zero-order valence-corrected chi connectivity index (χ0v) is 24.8. The van der Waals surface area contributed by atoms with Crippen LogP contribution >= 0.6 is 0 Å². The van der Waals surface area contributed by atoms with Crippen LogP contribution in [0.1, 0.15) is 12.0 Å². The van der Waals surface area contributed by atoms with Crippen molar-refractivity contribution in [1.29, 1.82) is 0 Å². The molecule has 2 aromatic carbocycles. The van der Waals surface area contributed by atoms with Crippen LogP contribution in [-0.2, 0) is 10.0 Å². The monoisotopic (exact) mass is 596 g/mol. The fourth-order valence-corrected chi connectivity index (χ4v) is 6.20. The number of imidazole rings is 1. The Labute approximate surface area is 249 Å². The number of nitrogens with one attached hydrogen (secondary N) is 2. The Balaban J connectivity index is 1.38. The van der Waals surface area contributed by atoms with E-state index >= 15 is 0 Å². The van der Waals surface area contributed by atoms with Gasteiger partial charge in [0.25, 0.3) is 5.56 Å². The molecule has 6 rings (SSSR count). The first-order valence-electron chi connectivity index (χ1n) is 14.0. The number of nitrogens with zero attached hydrogens (tertiary/aromatic N) is 6. The summed E-state index contributed by atoms with van der Waals surface area (Å²) in [5, 5.41) is 7.19. The molecule has 0 bridgehead atoms. The lowest BCUT2D eigenvalue weighted by atomic mass is 10.0. The smallest absolute Gasteiger partial charge is 0.266 e. The molecule has 0 saturated carbocycles. The molecule has 220 valence electrons. The van der Waals surface area contributed by atoms with Crippen LogP contribution < -0.4 is 16.2 Å². The van der Waals surface area contributed by atoms with Crippen LogP contribution in [0, 0.1) is 0 Å². The van der Waals surface area contributed by atoms with E-state index < -0.39 is 10.0 Å². The van der Waals surface area contributed by atoms with Gasteiger partial charge in [-0.25, -0.2) is 22.4 Å². The van der Waals surface area contributed by atoms with E-state index in [1.165, 1.54) is 28.2 Å². The van der Waals surface area contributed by atoms with E-state index in [0.717, 1.165) is 29.2 Å². The van der Waals surface area contributed by atoms with Crippen molar-refractivity contribution in [1.82, 2.24) is 33.7 Å². The lowest BCUT2D eigenvalue weighted by Gasteiger charge is -2.15. The molecule has 0 saturated heterocycles. The van der Waals surface area contributed by atoms with Crippen LogP contribution in [0.25, 0.3) is 33.6 Å². The molecule has 0 aliphatic carbocycles. The second kappa shape index (κ2) is 11.9. The minimum Gasteiger partial charge on any atom is -0.324 e. The molecule has 12 heteroatoms. The van der Waals surface area contributed by atoms with E-state index in [-0.39, 0.29) is 22.6 Å². The Bertz CT molecular complexity index is 1960. The normalized spacial score (nSPS) is 13.8. The van der Waals surface area contributed by atoms with Crippen molar-refractivity contribution in [2.24, 2.45) is 0 Å². The van der Waals surface area contributed by atoms with E-state index in [2.05, 4.69) is 38.8 Å². The summed E-state index contributed by atoms with van der Waals surface area (Å²) >= 11 is 0. The standard InChI is InChI=1S/C31H32N8O3S/c1-37(2)16-17-43(41,42)38-20-28(34-21-38)27-18-24-19-33-31(36-29(24)39(30(27)40)26-6-4-3-5-7-26)35-25-10-8-22(9-11-25)23-12-14-32-15-13-23/h3-12,18-21,32H,13-17H2,1-2H3,(H,33,35,36). The van der Waals surface area contributed by atoms with Gasteiger partial charge in [-0.2, -0.15) is 4.98 Å². The number of rotatable bonds is 9. The Morgan fingerprint density at radius 3 is 2.56 bits per heavy atom. The molecule has 1 aliphatic heterocycles. The Hall–Kier alpha value is -4.65. The molecule has 11 nitrogen and oxygen atoms in total. The number of para-hydroxylation sites is 1. The fraction of sp³-hybridized carbons (Fsp3) is 0.226. The van der Waals surface area contributed by atoms with Gasteiger partial charge >= 0.3 is 0 Å². The van der Waals surface area contributed by atoms with Crippen LogP contribution in [-0.4, -0.2) is 76.3 Å². The third kappa shape index (κ3) is 6.12. The maximum atomic E-state index is 14.0. The minimum absolute atomic E-state index is 0.0799. The van der Waals surface area contributed by atoms with Gasteiger partial charge in [-0.1, -0.05) is 36.4 Å². The first kappa shape index (κ1) is 28.5. The van der Waals surface area contributed by atoms with Crippen LogP contribution in [0.3, 0.4) is 0 Å². The maximum Gasteiger partial charge on any atom is 0.266 e. The predicted molar refractivity (Wildman–Crippen MR) is 169 cm³/mol. The summed E-state index contributed by atoms with van der Waals surface area (Å²) in [6.07, 6.45) is 7.46. The highest BCUT2D eigenvalue weighted by Crippen LogP contribution is 2.25. The van der Waals surface area contributed by atoms with Gasteiger partial charge < -0.3 is 15.5 Å². The van der Waals surface area contributed by atoms with Gasteiger partial charge in [-0.3, -0.25) is 9.36 Å². The van der Waals surface area contributed by atoms with Crippen molar-refractivity contribution < 1.29 is 8.42 Å². The summed E-state index contributed by atoms with van der Waals surface area (Å²) in [6.45, 7) is 2.21. The molecule has 0 radical (unpaired) electrons. The molecule has 5 aromatic rings. The van der Waals surface area contributed by atoms with Crippen molar-refractivity contribution in [2.75, 3.05) is 44.8 Å². The molecule has 0 unspecified atom stereocenters. The molecule has 1 aliphatic rings. The van der Waals surface area contributed by atoms with Crippen molar-refractivity contribution in [3.05, 3.63) is 101 Å². The summed E-state index contributed by atoms with van der Waals surface area (Å²) in [5.74, 6) is 0.262. The van der Waals surface area contributed by atoms with E-state index in [4.69, 9.17) is 4.98 Å². The molecular weight excluding hydrogens is 564 g/mol. The number of anilines is 2. The van der Waals surface area contributed by atoms with Gasteiger partial charge in [-0.05, 0) is 68.5 Å². The Morgan fingerprint density at radius 2 is 1.84 bits per heavy atom. The molecule has 0 atom stereocenters. The van der Waals surface area contributed by atoms with Crippen LogP contribution in [0.4, 0.5) is 11.6 Å². The zero-order chi connectivity index (χ0) is 30.0. The van der Waals surface area contributed by atoms with Crippen molar-refractivity contribution in [2.45, 2.75) is 6.42 Å². The lowest BCUT2D eigenvalue weighted by Crippen LogP contribution is -2.25. The average molecular weight is 597 g/mol. The Kier molecular flexibility index (Phi) is 7.89. The average Bonchev–Trinajstić information content (AvgIpc) is 3.52. The van der Waals surface area contributed by atoms with Gasteiger partial charge in [0.2, 0.25) is 16.0 Å². The second-order valence-corrected chi connectivity index (χ2v) is 12.6. The van der Waals surface area contributed by atoms with Crippen molar-refractivity contribution >= 4 is 38.3 Å². The van der Waals surface area contributed by atoms with Gasteiger partial charge in [0.1, 0.15) is 6.33 Å². The second-order valence-electron chi connectivity index (χ2n) is 10.6. The molecular formula is C31H32N8O3S. The van der Waals surface area contributed by atoms with Crippen LogP contribution in [0.5, 0.6) is 0 Å². The molecule has 3 aromatic heterocycles. The highest BCUT2D eigenvalue weighted by atomic mass is 32.2. The Morgan fingerprint density at radius 1 is 1.05 bits per heavy atom. The van der Waals surface area contributed by atoms with Crippen molar-refractivity contribution in [3.63, 3.8) is 0 Å². The lowest BCUT2D eigenvalue weighted by molar-refractivity contribution is 0.431. The maximum absolute atomic E-state index is 14.0. The van der Waals surface area contributed by atoms with Gasteiger partial charge in [-0.15, -0.1) is 0 Å². The third-order valence-corrected chi connectivity index (χ3v) is 8.83. The molecule has 0 fully saturated rings. The number of pyridine rings is 1. The minimum atomic E-state index is -3.64. The van der Waals surface area contributed by atoms with Gasteiger partial charge in [0.05, 0.1) is 22.7 Å². The van der Waals surface area contributed by atoms with E-state index in [1.807, 2.05) is 56.6 Å². The fourth-order valence-electron chi connectivity index (χ4n) is 4.94. The number of aromatic nitrogens is 5. The summed E-state index contributed by atoms with van der Waals surface area (Å²) < 4.78 is 28.2. The summed E-state index contributed by atoms with van der Waals surface area (Å²) in [4.78, 5) is 29.3. The first-order valence-corrected chi connectivity index (χ1v) is 15.6. The zero-order valence-electron chi connectivity index (χ0n) is 23.9. The van der Waals surface area contributed by atoms with Crippen LogP contribution in [0.15, 0.2) is 90.3 Å². The van der Waals surface area contributed by atoms with Gasteiger partial charge in [0, 0.05) is 36.6 Å². The molecule has 4 heterocycles. The quantitative estimate of drug-likeness (QED) is 0.263. The summed E-state index contributed by atoms with van der Waals surface area (Å²) in [5.41, 5.74) is 4.47. The summed E-state index contributed by atoms with van der Waals surface area (Å²) in [7, 11) is -0.0232. The van der Waals surface area contributed by atoms with Crippen molar-refractivity contribution in [3.8, 4) is 16.9 Å². The number of hydrogen-bond donors (Lipinski definition) is 2. The molecule has 43 heavy (non-hydrogen) atoms. The highest BCUT2D eigenvalue weighted by Gasteiger charge is 2.20. The molecule has 2 N–H and O–H groups in total. The SMILES string of the molecule is CN(C)CCS(=O)(=O)n1cnc(-c2cc3cnc(Nc4ccc(C5=CCNCC5)cc4)nc3n(-c3ccccc3)c2=O)c1. The summed E-state index contributed by atoms with van der Waals surface area (Å²) in [6, 6.07) is 19.0. The van der Waals surface area contributed by atoms with E-state index in [9.17, 15) is 13.2 Å². The first-order chi connectivity index (χ1) is 20.8. The molecule has 0 amide bonds. The van der Waals surface area contributed by atoms with Crippen LogP contribution in [0.2, 0.25) is 0 Å². The third-order valence-electron chi connectivity index (χ3n) is 7.28. The molecule has 0 spiro atoms. The largest absolute Gasteiger partial charge is 0.324 e.